The van der Waals surface area contributed by atoms with Crippen LogP contribution in [0.3, 0.4) is 0 Å². The van der Waals surface area contributed by atoms with Crippen molar-refractivity contribution in [1.82, 2.24) is 14.9 Å². The zero-order valence-corrected chi connectivity index (χ0v) is 24.4. The summed E-state index contributed by atoms with van der Waals surface area (Å²) in [6.45, 7) is 3.95. The summed E-state index contributed by atoms with van der Waals surface area (Å²) in [4.78, 5) is 30.5. The Kier molecular flexibility index (Phi) is 8.23. The minimum absolute atomic E-state index is 0.0964. The van der Waals surface area contributed by atoms with Gasteiger partial charge in [-0.05, 0) is 92.3 Å². The molecule has 0 bridgehead atoms. The summed E-state index contributed by atoms with van der Waals surface area (Å²) in [5.41, 5.74) is 6.10. The van der Waals surface area contributed by atoms with Crippen LogP contribution in [0.25, 0.3) is 5.69 Å². The number of rotatable bonds is 9. The third-order valence-electron chi connectivity index (χ3n) is 7.27. The quantitative estimate of drug-likeness (QED) is 0.234. The first-order chi connectivity index (χ1) is 20.2. The Morgan fingerprint density at radius 2 is 1.79 bits per heavy atom. The normalized spacial score (nSPS) is 16.3. The van der Waals surface area contributed by atoms with E-state index in [9.17, 15) is 14.7 Å². The van der Waals surface area contributed by atoms with Crippen LogP contribution in [0.15, 0.2) is 72.9 Å². The molecule has 1 saturated heterocycles. The highest BCUT2D eigenvalue weighted by atomic mass is 32.1. The van der Waals surface area contributed by atoms with Gasteiger partial charge in [-0.2, -0.15) is 0 Å². The third-order valence-corrected chi connectivity index (χ3v) is 7.58. The molecule has 1 amide bonds. The van der Waals surface area contributed by atoms with E-state index in [0.29, 0.717) is 16.5 Å². The number of pyridine rings is 1. The molecule has 0 aliphatic carbocycles. The number of aromatic carboxylic acids is 1. The Morgan fingerprint density at radius 3 is 2.43 bits per heavy atom. The molecule has 2 aromatic heterocycles. The lowest BCUT2D eigenvalue weighted by molar-refractivity contribution is -0.119. The molecule has 0 saturated carbocycles. The molecule has 5 rings (SSSR count). The van der Waals surface area contributed by atoms with Crippen molar-refractivity contribution in [3.05, 3.63) is 101 Å². The van der Waals surface area contributed by atoms with Crippen molar-refractivity contribution in [3.63, 3.8) is 0 Å². The minimum atomic E-state index is -0.972. The van der Waals surface area contributed by atoms with Crippen LogP contribution in [0.2, 0.25) is 0 Å². The van der Waals surface area contributed by atoms with E-state index in [-0.39, 0.29) is 30.2 Å². The number of ether oxygens (including phenoxy) is 2. The summed E-state index contributed by atoms with van der Waals surface area (Å²) in [5.74, 6) is -0.780. The highest BCUT2D eigenvalue weighted by molar-refractivity contribution is 7.80. The lowest BCUT2D eigenvalue weighted by atomic mass is 9.96. The van der Waals surface area contributed by atoms with E-state index in [4.69, 9.17) is 21.7 Å². The van der Waals surface area contributed by atoms with Gasteiger partial charge in [-0.25, -0.2) is 4.79 Å². The van der Waals surface area contributed by atoms with Gasteiger partial charge in [0.15, 0.2) is 5.11 Å². The lowest BCUT2D eigenvalue weighted by Crippen LogP contribution is -2.29. The van der Waals surface area contributed by atoms with Gasteiger partial charge in [0.2, 0.25) is 5.91 Å². The molecule has 216 valence electrons. The predicted molar refractivity (Wildman–Crippen MR) is 164 cm³/mol. The predicted octanol–water partition coefficient (Wildman–Crippen LogP) is 4.96. The SMILES string of the molecule is COCC(=O)Nc1cc(N2C(=S)N[C@@H](c3ccccn3)[C@H]2c2cc(C)n(-c3ccc(C(=O)O)cc3)c2C)ccc1OC. The topological polar surface area (TPSA) is 118 Å². The van der Waals surface area contributed by atoms with Gasteiger partial charge in [0.25, 0.3) is 0 Å². The second kappa shape index (κ2) is 12.0. The van der Waals surface area contributed by atoms with Crippen molar-refractivity contribution >= 4 is 40.6 Å². The van der Waals surface area contributed by atoms with E-state index < -0.39 is 5.97 Å². The zero-order chi connectivity index (χ0) is 30.0. The Hall–Kier alpha value is -4.74. The van der Waals surface area contributed by atoms with Crippen molar-refractivity contribution in [2.45, 2.75) is 25.9 Å². The number of aryl methyl sites for hydroxylation is 1. The summed E-state index contributed by atoms with van der Waals surface area (Å²) < 4.78 is 12.6. The number of nitrogens with zero attached hydrogens (tertiary/aromatic N) is 3. The van der Waals surface area contributed by atoms with Crippen LogP contribution < -0.4 is 20.3 Å². The van der Waals surface area contributed by atoms with E-state index in [0.717, 1.165) is 34.0 Å². The number of carbonyl (C=O) groups excluding carboxylic acids is 1. The fraction of sp³-hybridized carbons (Fsp3) is 0.226. The molecule has 10 nitrogen and oxygen atoms in total. The number of hydrogen-bond acceptors (Lipinski definition) is 6. The molecule has 0 radical (unpaired) electrons. The van der Waals surface area contributed by atoms with Crippen LogP contribution >= 0.6 is 12.2 Å². The van der Waals surface area contributed by atoms with Crippen LogP contribution in [0.1, 0.15) is 45.1 Å². The molecule has 42 heavy (non-hydrogen) atoms. The van der Waals surface area contributed by atoms with Gasteiger partial charge < -0.3 is 34.7 Å². The van der Waals surface area contributed by atoms with Gasteiger partial charge in [-0.3, -0.25) is 9.78 Å². The molecule has 0 unspecified atom stereocenters. The van der Waals surface area contributed by atoms with E-state index in [2.05, 4.69) is 26.3 Å². The van der Waals surface area contributed by atoms with E-state index in [1.165, 1.54) is 7.11 Å². The Balaban J connectivity index is 1.63. The van der Waals surface area contributed by atoms with Crippen LogP contribution in [0.4, 0.5) is 11.4 Å². The Labute approximate surface area is 248 Å². The van der Waals surface area contributed by atoms with Gasteiger partial charge >= 0.3 is 5.97 Å². The number of nitrogens with one attached hydrogen (secondary N) is 2. The van der Waals surface area contributed by atoms with E-state index in [1.807, 2.05) is 49.1 Å². The molecule has 11 heteroatoms. The molecule has 1 fully saturated rings. The van der Waals surface area contributed by atoms with E-state index >= 15 is 0 Å². The summed E-state index contributed by atoms with van der Waals surface area (Å²) in [5, 5.41) is 16.2. The monoisotopic (exact) mass is 585 g/mol. The molecule has 2 atom stereocenters. The van der Waals surface area contributed by atoms with Crippen molar-refractivity contribution in [3.8, 4) is 11.4 Å². The van der Waals surface area contributed by atoms with Gasteiger partial charge in [-0.1, -0.05) is 6.07 Å². The summed E-state index contributed by atoms with van der Waals surface area (Å²) in [6.07, 6.45) is 1.75. The Bertz CT molecular complexity index is 1640. The zero-order valence-electron chi connectivity index (χ0n) is 23.6. The number of methoxy groups -OCH3 is 2. The number of aromatic nitrogens is 2. The molecule has 1 aliphatic rings. The maximum absolute atomic E-state index is 12.4. The lowest BCUT2D eigenvalue weighted by Gasteiger charge is -2.29. The molecule has 3 heterocycles. The number of hydrogen-bond donors (Lipinski definition) is 3. The molecular weight excluding hydrogens is 554 g/mol. The molecular formula is C31H31N5O5S. The van der Waals surface area contributed by atoms with E-state index in [1.54, 1.807) is 43.6 Å². The highest BCUT2D eigenvalue weighted by Crippen LogP contribution is 2.45. The van der Waals surface area contributed by atoms with Gasteiger partial charge in [-0.15, -0.1) is 0 Å². The smallest absolute Gasteiger partial charge is 0.335 e. The first-order valence-electron chi connectivity index (χ1n) is 13.2. The number of amides is 1. The van der Waals surface area contributed by atoms with Crippen LogP contribution in [-0.4, -0.2) is 52.5 Å². The number of benzene rings is 2. The summed E-state index contributed by atoms with van der Waals surface area (Å²) in [6, 6.07) is 19.6. The van der Waals surface area contributed by atoms with Crippen molar-refractivity contribution < 1.29 is 24.2 Å². The number of thiocarbonyl (C=S) groups is 1. The van der Waals surface area contributed by atoms with Crippen molar-refractivity contribution in [2.24, 2.45) is 0 Å². The number of carboxylic acid groups (broad SMARTS) is 1. The first kappa shape index (κ1) is 28.8. The second-order valence-electron chi connectivity index (χ2n) is 9.88. The number of carbonyl (C=O) groups is 2. The van der Waals surface area contributed by atoms with Gasteiger partial charge in [0, 0.05) is 36.1 Å². The third kappa shape index (κ3) is 5.44. The first-order valence-corrected chi connectivity index (χ1v) is 13.6. The molecule has 0 spiro atoms. The second-order valence-corrected chi connectivity index (χ2v) is 10.3. The van der Waals surface area contributed by atoms with Crippen LogP contribution in [0.5, 0.6) is 5.75 Å². The maximum atomic E-state index is 12.4. The van der Waals surface area contributed by atoms with Gasteiger partial charge in [0.1, 0.15) is 12.4 Å². The van der Waals surface area contributed by atoms with Crippen molar-refractivity contribution in [1.29, 1.82) is 0 Å². The van der Waals surface area contributed by atoms with Crippen molar-refractivity contribution in [2.75, 3.05) is 31.0 Å². The fourth-order valence-electron chi connectivity index (χ4n) is 5.45. The molecule has 3 N–H and O–H groups in total. The highest BCUT2D eigenvalue weighted by Gasteiger charge is 2.42. The standard InChI is InChI=1S/C31H31N5O5S/c1-18-15-23(19(2)35(18)21-10-8-20(9-11-21)30(38)39)29-28(24-7-5-6-14-32-24)34-31(42)36(29)22-12-13-26(41-4)25(16-22)33-27(37)17-40-3/h5-16,28-29H,17H2,1-4H3,(H,33,37)(H,34,42)(H,38,39)/t28-,29+/m0/s1. The van der Waals surface area contributed by atoms with Crippen LogP contribution in [0, 0.1) is 13.8 Å². The molecule has 2 aromatic carbocycles. The average molecular weight is 586 g/mol. The maximum Gasteiger partial charge on any atom is 0.335 e. The summed E-state index contributed by atoms with van der Waals surface area (Å²) in [7, 11) is 3.00. The average Bonchev–Trinajstić information content (AvgIpc) is 3.48. The summed E-state index contributed by atoms with van der Waals surface area (Å²) >= 11 is 5.91. The molecule has 1 aliphatic heterocycles. The number of anilines is 2. The Morgan fingerprint density at radius 1 is 1.05 bits per heavy atom. The largest absolute Gasteiger partial charge is 0.495 e. The fourth-order valence-corrected chi connectivity index (χ4v) is 5.79. The minimum Gasteiger partial charge on any atom is -0.495 e. The van der Waals surface area contributed by atoms with Crippen LogP contribution in [-0.2, 0) is 9.53 Å². The number of carboxylic acids is 1. The molecule has 4 aromatic rings. The van der Waals surface area contributed by atoms with Gasteiger partial charge in [0.05, 0.1) is 36.1 Å².